The van der Waals surface area contributed by atoms with Crippen molar-refractivity contribution in [1.29, 1.82) is 0 Å². The molecule has 0 aliphatic heterocycles. The zero-order valence-corrected chi connectivity index (χ0v) is 16.7. The minimum atomic E-state index is -0.0880. The molecular weight excluding hydrogens is 320 g/mol. The molecule has 0 radical (unpaired) electrons. The van der Waals surface area contributed by atoms with Crippen LogP contribution in [0.2, 0.25) is 0 Å². The first-order valence-corrected chi connectivity index (χ1v) is 9.56. The molecular formula is C19H30N2O2S. The molecule has 0 atom stereocenters. The van der Waals surface area contributed by atoms with Gasteiger partial charge in [-0.1, -0.05) is 41.0 Å². The van der Waals surface area contributed by atoms with Crippen molar-refractivity contribution in [2.75, 3.05) is 11.9 Å². The molecule has 0 spiro atoms. The monoisotopic (exact) mass is 350 g/mol. The number of carbonyl (C=O) groups is 2. The highest BCUT2D eigenvalue weighted by atomic mass is 32.1. The predicted octanol–water partition coefficient (Wildman–Crippen LogP) is 4.52. The first kappa shape index (κ1) is 19.0. The summed E-state index contributed by atoms with van der Waals surface area (Å²) >= 11 is 1.49. The molecule has 1 aromatic rings. The molecule has 1 aliphatic rings. The predicted molar refractivity (Wildman–Crippen MR) is 101 cm³/mol. The molecule has 2 amide bonds. The lowest BCUT2D eigenvalue weighted by Gasteiger charge is -2.09. The van der Waals surface area contributed by atoms with Gasteiger partial charge in [-0.15, -0.1) is 11.3 Å². The number of hydrogen-bond acceptors (Lipinski definition) is 3. The van der Waals surface area contributed by atoms with Crippen molar-refractivity contribution in [3.8, 4) is 0 Å². The normalized spacial score (nSPS) is 18.3. The van der Waals surface area contributed by atoms with Crippen molar-refractivity contribution < 1.29 is 9.59 Å². The topological polar surface area (TPSA) is 58.2 Å². The molecule has 0 aromatic carbocycles. The average molecular weight is 351 g/mol. The fraction of sp³-hybridized carbons (Fsp3) is 0.684. The van der Waals surface area contributed by atoms with Crippen molar-refractivity contribution >= 4 is 28.2 Å². The van der Waals surface area contributed by atoms with E-state index in [4.69, 9.17) is 0 Å². The van der Waals surface area contributed by atoms with E-state index in [0.29, 0.717) is 17.1 Å². The Morgan fingerprint density at radius 2 is 1.71 bits per heavy atom. The number of anilines is 1. The van der Waals surface area contributed by atoms with Crippen LogP contribution in [0.4, 0.5) is 5.00 Å². The molecule has 1 saturated carbocycles. The lowest BCUT2D eigenvalue weighted by Crippen LogP contribution is -2.26. The van der Waals surface area contributed by atoms with Crippen molar-refractivity contribution in [2.45, 2.75) is 61.3 Å². The fourth-order valence-corrected chi connectivity index (χ4v) is 4.55. The summed E-state index contributed by atoms with van der Waals surface area (Å²) in [7, 11) is 0. The standard InChI is InChI=1S/C19H30N2O2S/c1-8-9-10-20-15(22)13-11(2)12(3)24-17(13)21-16(23)14-18(4,5)19(14,6)7/h14H,8-10H2,1-7H3,(H,20,22)(H,21,23). The second-order valence-corrected chi connectivity index (χ2v) is 9.19. The maximum absolute atomic E-state index is 12.7. The Labute approximate surface area is 149 Å². The van der Waals surface area contributed by atoms with Crippen molar-refractivity contribution in [1.82, 2.24) is 5.32 Å². The lowest BCUT2D eigenvalue weighted by atomic mass is 10.0. The molecule has 1 aromatic heterocycles. The van der Waals surface area contributed by atoms with Crippen LogP contribution in [0, 0.1) is 30.6 Å². The molecule has 1 heterocycles. The molecule has 1 fully saturated rings. The number of rotatable bonds is 6. The molecule has 5 heteroatoms. The van der Waals surface area contributed by atoms with Gasteiger partial charge in [-0.25, -0.2) is 0 Å². The lowest BCUT2D eigenvalue weighted by molar-refractivity contribution is -0.118. The summed E-state index contributed by atoms with van der Waals surface area (Å²) in [5.74, 6) is -0.0903. The highest BCUT2D eigenvalue weighted by Crippen LogP contribution is 2.68. The molecule has 2 rings (SSSR count). The first-order chi connectivity index (χ1) is 11.1. The summed E-state index contributed by atoms with van der Waals surface area (Å²) < 4.78 is 0. The van der Waals surface area contributed by atoms with E-state index in [1.165, 1.54) is 11.3 Å². The zero-order valence-electron chi connectivity index (χ0n) is 15.9. The second-order valence-electron chi connectivity index (χ2n) is 7.96. The molecule has 1 aliphatic carbocycles. The van der Waals surface area contributed by atoms with Gasteiger partial charge in [-0.05, 0) is 36.7 Å². The van der Waals surface area contributed by atoms with E-state index < -0.39 is 0 Å². The molecule has 2 N–H and O–H groups in total. The van der Waals surface area contributed by atoms with Gasteiger partial charge in [0.05, 0.1) is 5.56 Å². The van der Waals surface area contributed by atoms with Crippen LogP contribution in [0.1, 0.15) is 68.3 Å². The summed E-state index contributed by atoms with van der Waals surface area (Å²) in [6.07, 6.45) is 2.00. The van der Waals surface area contributed by atoms with Gasteiger partial charge < -0.3 is 10.6 Å². The highest BCUT2D eigenvalue weighted by molar-refractivity contribution is 7.16. The third-order valence-electron chi connectivity index (χ3n) is 5.95. The van der Waals surface area contributed by atoms with Crippen LogP contribution in [0.5, 0.6) is 0 Å². The van der Waals surface area contributed by atoms with Crippen molar-refractivity contribution in [3.63, 3.8) is 0 Å². The van der Waals surface area contributed by atoms with E-state index in [2.05, 4.69) is 45.3 Å². The van der Waals surface area contributed by atoms with Crippen LogP contribution >= 0.6 is 11.3 Å². The molecule has 0 saturated heterocycles. The highest BCUT2D eigenvalue weighted by Gasteiger charge is 2.68. The Hall–Kier alpha value is -1.36. The van der Waals surface area contributed by atoms with Gasteiger partial charge >= 0.3 is 0 Å². The number of carbonyl (C=O) groups excluding carboxylic acids is 2. The summed E-state index contributed by atoms with van der Waals surface area (Å²) in [6.45, 7) is 15.2. The van der Waals surface area contributed by atoms with Gasteiger partial charge in [0.2, 0.25) is 5.91 Å². The Kier molecular flexibility index (Phi) is 5.14. The van der Waals surface area contributed by atoms with Gasteiger partial charge in [0, 0.05) is 17.3 Å². The number of unbranched alkanes of at least 4 members (excludes halogenated alkanes) is 1. The van der Waals surface area contributed by atoms with Crippen LogP contribution in [-0.2, 0) is 4.79 Å². The smallest absolute Gasteiger partial charge is 0.254 e. The van der Waals surface area contributed by atoms with E-state index >= 15 is 0 Å². The Morgan fingerprint density at radius 1 is 1.12 bits per heavy atom. The van der Waals surface area contributed by atoms with Gasteiger partial charge in [0.15, 0.2) is 0 Å². The zero-order chi connectivity index (χ0) is 18.3. The summed E-state index contributed by atoms with van der Waals surface area (Å²) in [4.78, 5) is 26.3. The number of nitrogens with one attached hydrogen (secondary N) is 2. The van der Waals surface area contributed by atoms with E-state index in [9.17, 15) is 9.59 Å². The molecule has 0 unspecified atom stereocenters. The van der Waals surface area contributed by atoms with E-state index in [0.717, 1.165) is 23.3 Å². The van der Waals surface area contributed by atoms with Gasteiger partial charge in [-0.3, -0.25) is 9.59 Å². The van der Waals surface area contributed by atoms with Crippen molar-refractivity contribution in [2.24, 2.45) is 16.7 Å². The van der Waals surface area contributed by atoms with Crippen LogP contribution in [0.3, 0.4) is 0 Å². The van der Waals surface area contributed by atoms with Crippen LogP contribution < -0.4 is 10.6 Å². The number of aryl methyl sites for hydroxylation is 1. The largest absolute Gasteiger partial charge is 0.352 e. The van der Waals surface area contributed by atoms with E-state index in [1.54, 1.807) is 0 Å². The number of thiophene rings is 1. The second kappa shape index (κ2) is 6.51. The summed E-state index contributed by atoms with van der Waals surface area (Å²) in [5.41, 5.74) is 1.56. The maximum Gasteiger partial charge on any atom is 0.254 e. The van der Waals surface area contributed by atoms with Gasteiger partial charge in [0.25, 0.3) is 5.91 Å². The van der Waals surface area contributed by atoms with Crippen LogP contribution in [0.25, 0.3) is 0 Å². The Balaban J connectivity index is 2.18. The molecule has 24 heavy (non-hydrogen) atoms. The Bertz CT molecular complexity index is 645. The third kappa shape index (κ3) is 3.10. The average Bonchev–Trinajstić information content (AvgIpc) is 2.71. The summed E-state index contributed by atoms with van der Waals surface area (Å²) in [5, 5.41) is 6.68. The van der Waals surface area contributed by atoms with Crippen molar-refractivity contribution in [3.05, 3.63) is 16.0 Å². The SMILES string of the molecule is CCCCNC(=O)c1c(NC(=O)C2C(C)(C)C2(C)C)sc(C)c1C. The van der Waals surface area contributed by atoms with E-state index in [1.807, 2.05) is 13.8 Å². The number of hydrogen-bond donors (Lipinski definition) is 2. The minimum Gasteiger partial charge on any atom is -0.352 e. The van der Waals surface area contributed by atoms with Crippen LogP contribution in [-0.4, -0.2) is 18.4 Å². The quantitative estimate of drug-likeness (QED) is 0.741. The molecule has 134 valence electrons. The maximum atomic E-state index is 12.7. The third-order valence-corrected chi connectivity index (χ3v) is 7.07. The van der Waals surface area contributed by atoms with Gasteiger partial charge in [0.1, 0.15) is 5.00 Å². The number of amides is 2. The molecule has 4 nitrogen and oxygen atoms in total. The Morgan fingerprint density at radius 3 is 2.21 bits per heavy atom. The summed E-state index contributed by atoms with van der Waals surface area (Å²) in [6, 6.07) is 0. The van der Waals surface area contributed by atoms with E-state index in [-0.39, 0.29) is 28.6 Å². The fourth-order valence-electron chi connectivity index (χ4n) is 3.49. The molecule has 0 bridgehead atoms. The van der Waals surface area contributed by atoms with Gasteiger partial charge in [-0.2, -0.15) is 0 Å². The first-order valence-electron chi connectivity index (χ1n) is 8.74. The van der Waals surface area contributed by atoms with Crippen LogP contribution in [0.15, 0.2) is 0 Å². The minimum absolute atomic E-state index is 0.0119.